The Morgan fingerprint density at radius 1 is 1.33 bits per heavy atom. The number of aliphatic hydroxyl groups excluding tert-OH is 2. The number of aliphatic hydroxyl groups is 2. The molecule has 3 heterocycles. The highest BCUT2D eigenvalue weighted by Crippen LogP contribution is 2.27. The average molecular weight is 369 g/mol. The first-order valence-corrected chi connectivity index (χ1v) is 8.24. The summed E-state index contributed by atoms with van der Waals surface area (Å²) < 4.78 is 5.51. The number of hydrogen-bond acceptors (Lipinski definition) is 6. The van der Waals surface area contributed by atoms with Crippen molar-refractivity contribution in [1.82, 2.24) is 4.90 Å². The molecule has 0 unspecified atom stereocenters. The number of ether oxygens (including phenoxy) is 1. The fourth-order valence-electron chi connectivity index (χ4n) is 3.00. The Morgan fingerprint density at radius 2 is 2.11 bits per heavy atom. The highest BCUT2D eigenvalue weighted by Gasteiger charge is 2.45. The molecule has 3 aliphatic rings. The molecule has 4 rings (SSSR count). The Kier molecular flexibility index (Phi) is 4.44. The second kappa shape index (κ2) is 6.91. The second-order valence-corrected chi connectivity index (χ2v) is 6.03. The van der Waals surface area contributed by atoms with Gasteiger partial charge >= 0.3 is 6.03 Å². The minimum atomic E-state index is -0.914. The summed E-state index contributed by atoms with van der Waals surface area (Å²) in [6, 6.07) is 7.77. The van der Waals surface area contributed by atoms with Crippen LogP contribution in [-0.2, 0) is 4.74 Å². The molecule has 27 heavy (non-hydrogen) atoms. The van der Waals surface area contributed by atoms with E-state index in [0.717, 1.165) is 0 Å². The highest BCUT2D eigenvalue weighted by molar-refractivity contribution is 6.73. The zero-order chi connectivity index (χ0) is 19.0. The van der Waals surface area contributed by atoms with Crippen LogP contribution in [0.1, 0.15) is 16.8 Å². The SMILES string of the molecule is O=C(N=C1N=CN=C2C1=NC(=O)N2[C@H]1C[C@H](O)[C@@H](CO)O1)c1ccccc1. The Bertz CT molecular complexity index is 908. The maximum absolute atomic E-state index is 12.4. The first kappa shape index (κ1) is 17.3. The highest BCUT2D eigenvalue weighted by atomic mass is 16.5. The molecule has 1 saturated heterocycles. The van der Waals surface area contributed by atoms with Crippen molar-refractivity contribution in [2.24, 2.45) is 20.0 Å². The van der Waals surface area contributed by atoms with Gasteiger partial charge in [-0.3, -0.25) is 4.79 Å². The minimum absolute atomic E-state index is 0.0260. The lowest BCUT2D eigenvalue weighted by atomic mass is 10.2. The van der Waals surface area contributed by atoms with Crippen molar-refractivity contribution in [3.63, 3.8) is 0 Å². The van der Waals surface area contributed by atoms with Crippen LogP contribution in [0.5, 0.6) is 0 Å². The van der Waals surface area contributed by atoms with Gasteiger partial charge < -0.3 is 14.9 Å². The van der Waals surface area contributed by atoms with Gasteiger partial charge in [0.05, 0.1) is 12.7 Å². The zero-order valence-electron chi connectivity index (χ0n) is 14.0. The van der Waals surface area contributed by atoms with E-state index >= 15 is 0 Å². The molecule has 0 aromatic heterocycles. The quantitative estimate of drug-likeness (QED) is 0.773. The van der Waals surface area contributed by atoms with Gasteiger partial charge in [-0.1, -0.05) is 18.2 Å². The lowest BCUT2D eigenvalue weighted by Gasteiger charge is -2.23. The molecule has 2 N–H and O–H groups in total. The molecule has 1 aromatic carbocycles. The topological polar surface area (TPSA) is 137 Å². The largest absolute Gasteiger partial charge is 0.394 e. The first-order chi connectivity index (χ1) is 13.1. The van der Waals surface area contributed by atoms with Gasteiger partial charge in [-0.15, -0.1) is 0 Å². The lowest BCUT2D eigenvalue weighted by molar-refractivity contribution is -0.0471. The molecule has 1 fully saturated rings. The number of benzene rings is 1. The van der Waals surface area contributed by atoms with Gasteiger partial charge in [0.2, 0.25) is 0 Å². The van der Waals surface area contributed by atoms with Gasteiger partial charge in [0, 0.05) is 12.0 Å². The van der Waals surface area contributed by atoms with Crippen LogP contribution in [-0.4, -0.2) is 75.8 Å². The van der Waals surface area contributed by atoms with E-state index < -0.39 is 30.4 Å². The number of urea groups is 1. The lowest BCUT2D eigenvalue weighted by Crippen LogP contribution is -2.44. The van der Waals surface area contributed by atoms with Crippen molar-refractivity contribution in [1.29, 1.82) is 0 Å². The van der Waals surface area contributed by atoms with Crippen LogP contribution in [0, 0.1) is 0 Å². The number of rotatable bonds is 3. The average Bonchev–Trinajstić information content (AvgIpc) is 3.21. The molecule has 1 aromatic rings. The van der Waals surface area contributed by atoms with E-state index in [2.05, 4.69) is 20.0 Å². The van der Waals surface area contributed by atoms with E-state index in [1.165, 1.54) is 11.2 Å². The van der Waals surface area contributed by atoms with Crippen LogP contribution in [0.25, 0.3) is 0 Å². The van der Waals surface area contributed by atoms with E-state index in [0.29, 0.717) is 5.56 Å². The molecule has 10 heteroatoms. The monoisotopic (exact) mass is 369 g/mol. The van der Waals surface area contributed by atoms with E-state index in [1.54, 1.807) is 30.3 Å². The Balaban J connectivity index is 1.60. The number of amides is 3. The number of fused-ring (bicyclic) bond motifs is 1. The molecule has 3 amide bonds. The van der Waals surface area contributed by atoms with Crippen molar-refractivity contribution in [3.8, 4) is 0 Å². The van der Waals surface area contributed by atoms with Crippen LogP contribution in [0.4, 0.5) is 4.79 Å². The normalized spacial score (nSPS) is 28.4. The van der Waals surface area contributed by atoms with Crippen molar-refractivity contribution < 1.29 is 24.5 Å². The molecule has 138 valence electrons. The van der Waals surface area contributed by atoms with Gasteiger partial charge in [-0.05, 0) is 12.1 Å². The molecule has 10 nitrogen and oxygen atoms in total. The van der Waals surface area contributed by atoms with Crippen molar-refractivity contribution in [3.05, 3.63) is 35.9 Å². The molecule has 3 aliphatic heterocycles. The van der Waals surface area contributed by atoms with E-state index in [-0.39, 0.29) is 30.4 Å². The van der Waals surface area contributed by atoms with Gasteiger partial charge in [0.1, 0.15) is 18.7 Å². The second-order valence-electron chi connectivity index (χ2n) is 6.03. The number of carbonyl (C=O) groups is 2. The summed E-state index contributed by atoms with van der Waals surface area (Å²) in [5.74, 6) is -0.405. The Hall–Kier alpha value is -3.08. The molecule has 0 aliphatic carbocycles. The Labute approximate surface area is 153 Å². The minimum Gasteiger partial charge on any atom is -0.394 e. The maximum Gasteiger partial charge on any atom is 0.352 e. The zero-order valence-corrected chi connectivity index (χ0v) is 14.0. The van der Waals surface area contributed by atoms with Gasteiger partial charge in [-0.2, -0.15) is 9.98 Å². The van der Waals surface area contributed by atoms with Crippen LogP contribution < -0.4 is 0 Å². The summed E-state index contributed by atoms with van der Waals surface area (Å²) in [5, 5.41) is 19.1. The fraction of sp³-hybridized carbons (Fsp3) is 0.294. The van der Waals surface area contributed by atoms with Gasteiger partial charge in [0.25, 0.3) is 5.91 Å². The van der Waals surface area contributed by atoms with E-state index in [1.807, 2.05) is 0 Å². The summed E-state index contributed by atoms with van der Waals surface area (Å²) >= 11 is 0. The van der Waals surface area contributed by atoms with Gasteiger partial charge in [0.15, 0.2) is 17.4 Å². The molecular weight excluding hydrogens is 354 g/mol. The maximum atomic E-state index is 12.4. The molecule has 3 atom stereocenters. The smallest absolute Gasteiger partial charge is 0.352 e. The molecule has 0 radical (unpaired) electrons. The van der Waals surface area contributed by atoms with Crippen LogP contribution >= 0.6 is 0 Å². The molecule has 0 bridgehead atoms. The van der Waals surface area contributed by atoms with Crippen molar-refractivity contribution in [2.45, 2.75) is 24.9 Å². The van der Waals surface area contributed by atoms with Crippen molar-refractivity contribution >= 4 is 35.7 Å². The number of nitrogens with zero attached hydrogens (tertiary/aromatic N) is 5. The van der Waals surface area contributed by atoms with Crippen LogP contribution in [0.3, 0.4) is 0 Å². The predicted molar refractivity (Wildman–Crippen MR) is 95.2 cm³/mol. The molecule has 0 spiro atoms. The first-order valence-electron chi connectivity index (χ1n) is 8.24. The van der Waals surface area contributed by atoms with Crippen LogP contribution in [0.15, 0.2) is 50.3 Å². The third-order valence-electron chi connectivity index (χ3n) is 4.33. The Morgan fingerprint density at radius 3 is 2.81 bits per heavy atom. The third-order valence-corrected chi connectivity index (χ3v) is 4.33. The summed E-state index contributed by atoms with van der Waals surface area (Å²) in [5.41, 5.74) is 0.441. The molecular formula is C17H15N5O5. The van der Waals surface area contributed by atoms with Crippen LogP contribution in [0.2, 0.25) is 0 Å². The number of amidine groups is 2. The number of hydrogen-bond donors (Lipinski definition) is 2. The van der Waals surface area contributed by atoms with E-state index in [9.17, 15) is 19.8 Å². The summed E-state index contributed by atoms with van der Waals surface area (Å²) in [7, 11) is 0. The number of carbonyl (C=O) groups excluding carboxylic acids is 2. The summed E-state index contributed by atoms with van der Waals surface area (Å²) in [6.07, 6.45) is -1.26. The van der Waals surface area contributed by atoms with Gasteiger partial charge in [-0.25, -0.2) is 19.7 Å². The van der Waals surface area contributed by atoms with Crippen molar-refractivity contribution in [2.75, 3.05) is 6.61 Å². The third kappa shape index (κ3) is 3.10. The predicted octanol–water partition coefficient (Wildman–Crippen LogP) is 0.0105. The van der Waals surface area contributed by atoms with E-state index in [4.69, 9.17) is 4.74 Å². The number of aliphatic imine (C=N–C) groups is 4. The summed E-state index contributed by atoms with van der Waals surface area (Å²) in [6.45, 7) is -0.375. The standard InChI is InChI=1S/C17H15N5O5/c23-7-11-10(24)6-12(27-11)22-15-13(20-17(22)26)14(18-8-19-15)21-16(25)9-4-2-1-3-5-9/h1-5,8,10-12,23-24H,6-7H2/t10-,11+,12+/m0/s1. The summed E-state index contributed by atoms with van der Waals surface area (Å²) in [4.78, 5) is 41.7. The fourth-order valence-corrected chi connectivity index (χ4v) is 3.00. The molecule has 0 saturated carbocycles.